The van der Waals surface area contributed by atoms with Gasteiger partial charge in [0.2, 0.25) is 5.91 Å². The van der Waals surface area contributed by atoms with Crippen LogP contribution in [0.5, 0.6) is 0 Å². The number of hydrogen-bond donors (Lipinski definition) is 2. The molecule has 6 heteroatoms. The topological polar surface area (TPSA) is 78.9 Å². The van der Waals surface area contributed by atoms with Gasteiger partial charge in [0, 0.05) is 26.1 Å². The molecule has 0 saturated carbocycles. The van der Waals surface area contributed by atoms with Crippen molar-refractivity contribution in [3.8, 4) is 0 Å². The van der Waals surface area contributed by atoms with Crippen LogP contribution in [0.1, 0.15) is 47.0 Å². The first-order valence-electron chi connectivity index (χ1n) is 7.63. The first-order chi connectivity index (χ1) is 9.75. The Hall–Kier alpha value is -1.30. The molecule has 0 radical (unpaired) electrons. The average Bonchev–Trinajstić information content (AvgIpc) is 2.35. The molecule has 1 heterocycles. The second kappa shape index (κ2) is 7.64. The molecule has 1 aliphatic rings. The summed E-state index contributed by atoms with van der Waals surface area (Å²) in [5.41, 5.74) is -0.540. The Morgan fingerprint density at radius 2 is 2.00 bits per heavy atom. The van der Waals surface area contributed by atoms with Crippen LogP contribution in [-0.2, 0) is 9.53 Å². The third kappa shape index (κ3) is 6.33. The SMILES string of the molecule is CCC(=O)N1CC(CCO)CC(NC(=O)OC(C)(C)C)C1. The van der Waals surface area contributed by atoms with Crippen LogP contribution in [0.2, 0.25) is 0 Å². The lowest BCUT2D eigenvalue weighted by atomic mass is 9.91. The molecular formula is C15H28N2O4. The molecule has 1 saturated heterocycles. The number of alkyl carbamates (subject to hydrolysis) is 1. The number of ether oxygens (including phenoxy) is 1. The van der Waals surface area contributed by atoms with Gasteiger partial charge in [0.15, 0.2) is 0 Å². The third-order valence-electron chi connectivity index (χ3n) is 3.45. The molecule has 6 nitrogen and oxygen atoms in total. The standard InChI is InChI=1S/C15H28N2O4/c1-5-13(19)17-9-11(6-7-18)8-12(10-17)16-14(20)21-15(2,3)4/h11-12,18H,5-10H2,1-4H3,(H,16,20). The predicted molar refractivity (Wildman–Crippen MR) is 79.8 cm³/mol. The molecule has 0 aliphatic carbocycles. The molecule has 0 bridgehead atoms. The fourth-order valence-corrected chi connectivity index (χ4v) is 2.60. The van der Waals surface area contributed by atoms with Gasteiger partial charge in [-0.2, -0.15) is 0 Å². The first kappa shape index (κ1) is 17.8. The van der Waals surface area contributed by atoms with Crippen molar-refractivity contribution in [3.05, 3.63) is 0 Å². The fraction of sp³-hybridized carbons (Fsp3) is 0.867. The van der Waals surface area contributed by atoms with Crippen LogP contribution in [0.3, 0.4) is 0 Å². The van der Waals surface area contributed by atoms with Crippen molar-refractivity contribution < 1.29 is 19.4 Å². The number of likely N-dealkylation sites (tertiary alicyclic amines) is 1. The summed E-state index contributed by atoms with van der Waals surface area (Å²) in [5, 5.41) is 11.9. The maximum atomic E-state index is 11.9. The van der Waals surface area contributed by atoms with E-state index in [1.165, 1.54) is 0 Å². The highest BCUT2D eigenvalue weighted by atomic mass is 16.6. The molecule has 0 spiro atoms. The average molecular weight is 300 g/mol. The Bertz CT molecular complexity index is 365. The van der Waals surface area contributed by atoms with Gasteiger partial charge in [0.05, 0.1) is 6.04 Å². The lowest BCUT2D eigenvalue weighted by Crippen LogP contribution is -2.53. The van der Waals surface area contributed by atoms with Crippen molar-refractivity contribution in [1.82, 2.24) is 10.2 Å². The van der Waals surface area contributed by atoms with Crippen molar-refractivity contribution in [2.24, 2.45) is 5.92 Å². The molecular weight excluding hydrogens is 272 g/mol. The Labute approximate surface area is 126 Å². The Morgan fingerprint density at radius 1 is 1.33 bits per heavy atom. The summed E-state index contributed by atoms with van der Waals surface area (Å²) in [6.45, 7) is 8.53. The maximum absolute atomic E-state index is 11.9. The van der Waals surface area contributed by atoms with E-state index in [1.54, 1.807) is 4.90 Å². The van der Waals surface area contributed by atoms with E-state index in [-0.39, 0.29) is 24.5 Å². The maximum Gasteiger partial charge on any atom is 0.407 e. The zero-order valence-corrected chi connectivity index (χ0v) is 13.5. The zero-order valence-electron chi connectivity index (χ0n) is 13.5. The predicted octanol–water partition coefficient (Wildman–Crippen LogP) is 1.52. The number of nitrogens with one attached hydrogen (secondary N) is 1. The van der Waals surface area contributed by atoms with E-state index in [1.807, 2.05) is 27.7 Å². The van der Waals surface area contributed by atoms with Crippen molar-refractivity contribution in [3.63, 3.8) is 0 Å². The van der Waals surface area contributed by atoms with Crippen molar-refractivity contribution >= 4 is 12.0 Å². The van der Waals surface area contributed by atoms with E-state index in [9.17, 15) is 9.59 Å². The molecule has 21 heavy (non-hydrogen) atoms. The quantitative estimate of drug-likeness (QED) is 0.825. The Morgan fingerprint density at radius 3 is 2.52 bits per heavy atom. The normalized spacial score (nSPS) is 22.8. The highest BCUT2D eigenvalue weighted by Crippen LogP contribution is 2.21. The Kier molecular flexibility index (Phi) is 6.45. The van der Waals surface area contributed by atoms with Gasteiger partial charge < -0.3 is 20.1 Å². The van der Waals surface area contributed by atoms with Crippen molar-refractivity contribution in [2.45, 2.75) is 58.6 Å². The summed E-state index contributed by atoms with van der Waals surface area (Å²) in [6, 6.07) is -0.124. The van der Waals surface area contributed by atoms with Gasteiger partial charge in [0.1, 0.15) is 5.60 Å². The highest BCUT2D eigenvalue weighted by Gasteiger charge is 2.30. The number of aliphatic hydroxyl groups excluding tert-OH is 1. The van der Waals surface area contributed by atoms with E-state index < -0.39 is 11.7 Å². The molecule has 0 aromatic carbocycles. The zero-order chi connectivity index (χ0) is 16.0. The molecule has 2 atom stereocenters. The summed E-state index contributed by atoms with van der Waals surface area (Å²) in [5.74, 6) is 0.285. The number of amides is 2. The van der Waals surface area contributed by atoms with Crippen LogP contribution < -0.4 is 5.32 Å². The largest absolute Gasteiger partial charge is 0.444 e. The summed E-state index contributed by atoms with van der Waals surface area (Å²) in [7, 11) is 0. The smallest absolute Gasteiger partial charge is 0.407 e. The van der Waals surface area contributed by atoms with Gasteiger partial charge in [-0.3, -0.25) is 4.79 Å². The summed E-state index contributed by atoms with van der Waals surface area (Å²) in [4.78, 5) is 25.5. The lowest BCUT2D eigenvalue weighted by molar-refractivity contribution is -0.133. The van der Waals surface area contributed by atoms with Crippen molar-refractivity contribution in [2.75, 3.05) is 19.7 Å². The van der Waals surface area contributed by atoms with Gasteiger partial charge in [0.25, 0.3) is 0 Å². The van der Waals surface area contributed by atoms with Crippen molar-refractivity contribution in [1.29, 1.82) is 0 Å². The number of carbonyl (C=O) groups excluding carboxylic acids is 2. The molecule has 0 aromatic heterocycles. The van der Waals surface area contributed by atoms with Crippen LogP contribution in [0.4, 0.5) is 4.79 Å². The van der Waals surface area contributed by atoms with Crippen LogP contribution in [0.15, 0.2) is 0 Å². The second-order valence-corrected chi connectivity index (χ2v) is 6.61. The van der Waals surface area contributed by atoms with E-state index in [0.29, 0.717) is 25.9 Å². The third-order valence-corrected chi connectivity index (χ3v) is 3.45. The van der Waals surface area contributed by atoms with Gasteiger partial charge in [-0.15, -0.1) is 0 Å². The molecule has 1 fully saturated rings. The number of carbonyl (C=O) groups is 2. The van der Waals surface area contributed by atoms with E-state index in [0.717, 1.165) is 6.42 Å². The van der Waals surface area contributed by atoms with Crippen LogP contribution in [0, 0.1) is 5.92 Å². The minimum atomic E-state index is -0.540. The van der Waals surface area contributed by atoms with Gasteiger partial charge >= 0.3 is 6.09 Å². The second-order valence-electron chi connectivity index (χ2n) is 6.61. The summed E-state index contributed by atoms with van der Waals surface area (Å²) >= 11 is 0. The summed E-state index contributed by atoms with van der Waals surface area (Å²) in [6.07, 6.45) is 1.39. The van der Waals surface area contributed by atoms with Crippen LogP contribution in [-0.4, -0.2) is 53.3 Å². The number of rotatable bonds is 4. The van der Waals surface area contributed by atoms with Crippen LogP contribution >= 0.6 is 0 Å². The molecule has 2 unspecified atom stereocenters. The molecule has 1 rings (SSSR count). The first-order valence-corrected chi connectivity index (χ1v) is 7.63. The minimum absolute atomic E-state index is 0.0774. The minimum Gasteiger partial charge on any atom is -0.444 e. The monoisotopic (exact) mass is 300 g/mol. The van der Waals surface area contributed by atoms with Crippen LogP contribution in [0.25, 0.3) is 0 Å². The van der Waals surface area contributed by atoms with Gasteiger partial charge in [-0.05, 0) is 39.5 Å². The fourth-order valence-electron chi connectivity index (χ4n) is 2.60. The molecule has 2 N–H and O–H groups in total. The molecule has 2 amide bonds. The summed E-state index contributed by atoms with van der Waals surface area (Å²) < 4.78 is 5.25. The lowest BCUT2D eigenvalue weighted by Gasteiger charge is -2.38. The van der Waals surface area contributed by atoms with Gasteiger partial charge in [-0.1, -0.05) is 6.92 Å². The molecule has 1 aliphatic heterocycles. The Balaban J connectivity index is 2.62. The number of aliphatic hydroxyl groups is 1. The number of hydrogen-bond acceptors (Lipinski definition) is 4. The number of nitrogens with zero attached hydrogens (tertiary/aromatic N) is 1. The molecule has 0 aromatic rings. The molecule has 122 valence electrons. The number of piperidine rings is 1. The van der Waals surface area contributed by atoms with Gasteiger partial charge in [-0.25, -0.2) is 4.79 Å². The van der Waals surface area contributed by atoms with E-state index in [4.69, 9.17) is 9.84 Å². The highest BCUT2D eigenvalue weighted by molar-refractivity contribution is 5.76. The van der Waals surface area contributed by atoms with E-state index >= 15 is 0 Å². The van der Waals surface area contributed by atoms with E-state index in [2.05, 4.69) is 5.32 Å².